The predicted octanol–water partition coefficient (Wildman–Crippen LogP) is 2.95. The van der Waals surface area contributed by atoms with E-state index < -0.39 is 6.10 Å². The van der Waals surface area contributed by atoms with E-state index in [0.29, 0.717) is 22.8 Å². The number of benzene rings is 1. The van der Waals surface area contributed by atoms with Crippen LogP contribution in [-0.4, -0.2) is 32.3 Å². The molecule has 0 bridgehead atoms. The van der Waals surface area contributed by atoms with Crippen LogP contribution in [-0.2, 0) is 0 Å². The van der Waals surface area contributed by atoms with Crippen LogP contribution in [0, 0.1) is 18.3 Å². The normalized spacial score (nSPS) is 13.5. The summed E-state index contributed by atoms with van der Waals surface area (Å²) in [5, 5.41) is 19.7. The first-order valence-electron chi connectivity index (χ1n) is 7.70. The third-order valence-electron chi connectivity index (χ3n) is 3.99. The van der Waals surface area contributed by atoms with Crippen molar-refractivity contribution in [2.24, 2.45) is 0 Å². The summed E-state index contributed by atoms with van der Waals surface area (Å²) in [6.45, 7) is 5.26. The highest BCUT2D eigenvalue weighted by Crippen LogP contribution is 2.30. The van der Waals surface area contributed by atoms with Crippen LogP contribution >= 0.6 is 0 Å². The highest BCUT2D eigenvalue weighted by Gasteiger charge is 2.16. The lowest BCUT2D eigenvalue weighted by atomic mass is 10.1. The van der Waals surface area contributed by atoms with Crippen LogP contribution in [0.3, 0.4) is 0 Å². The van der Waals surface area contributed by atoms with Gasteiger partial charge in [0, 0.05) is 17.1 Å². The van der Waals surface area contributed by atoms with E-state index in [2.05, 4.69) is 21.0 Å². The molecular weight excluding hydrogens is 304 g/mol. The van der Waals surface area contributed by atoms with Gasteiger partial charge in [0.25, 0.3) is 0 Å². The molecule has 2 N–H and O–H groups in total. The Morgan fingerprint density at radius 3 is 2.79 bits per heavy atom. The van der Waals surface area contributed by atoms with E-state index in [-0.39, 0.29) is 6.10 Å². The second-order valence-electron chi connectivity index (χ2n) is 5.75. The van der Waals surface area contributed by atoms with Crippen molar-refractivity contribution in [3.63, 3.8) is 0 Å². The Bertz CT molecular complexity index is 924. The minimum absolute atomic E-state index is 0.366. The molecule has 0 spiro atoms. The van der Waals surface area contributed by atoms with Crippen molar-refractivity contribution >= 4 is 10.9 Å². The zero-order valence-corrected chi connectivity index (χ0v) is 13.7. The molecule has 122 valence electrons. The maximum Gasteiger partial charge on any atom is 0.235 e. The molecule has 0 radical (unpaired) electrons. The maximum atomic E-state index is 9.54. The van der Waals surface area contributed by atoms with Gasteiger partial charge in [0.05, 0.1) is 29.1 Å². The Hall–Kier alpha value is -2.91. The van der Waals surface area contributed by atoms with Gasteiger partial charge in [0.1, 0.15) is 17.9 Å². The minimum Gasteiger partial charge on any atom is -0.471 e. The predicted molar refractivity (Wildman–Crippen MR) is 90.5 cm³/mol. The number of hydrogen-bond donors (Lipinski definition) is 2. The number of nitrogens with zero attached hydrogens (tertiary/aromatic N) is 3. The van der Waals surface area contributed by atoms with Crippen molar-refractivity contribution in [2.45, 2.75) is 33.0 Å². The van der Waals surface area contributed by atoms with E-state index in [1.807, 2.05) is 25.3 Å². The summed E-state index contributed by atoms with van der Waals surface area (Å²) >= 11 is 0. The van der Waals surface area contributed by atoms with Gasteiger partial charge >= 0.3 is 0 Å². The Kier molecular flexibility index (Phi) is 4.19. The second-order valence-corrected chi connectivity index (χ2v) is 5.75. The highest BCUT2D eigenvalue weighted by molar-refractivity contribution is 5.97. The zero-order valence-electron chi connectivity index (χ0n) is 13.7. The molecule has 0 saturated heterocycles. The van der Waals surface area contributed by atoms with E-state index in [4.69, 9.17) is 4.74 Å². The number of rotatable bonds is 4. The van der Waals surface area contributed by atoms with Crippen LogP contribution in [0.25, 0.3) is 22.2 Å². The first-order valence-corrected chi connectivity index (χ1v) is 7.70. The van der Waals surface area contributed by atoms with Gasteiger partial charge in [-0.15, -0.1) is 0 Å². The molecule has 0 aliphatic heterocycles. The van der Waals surface area contributed by atoms with Crippen LogP contribution < -0.4 is 4.74 Å². The van der Waals surface area contributed by atoms with Gasteiger partial charge in [0.15, 0.2) is 0 Å². The monoisotopic (exact) mass is 322 g/mol. The van der Waals surface area contributed by atoms with E-state index in [0.717, 1.165) is 16.5 Å². The van der Waals surface area contributed by atoms with E-state index in [1.54, 1.807) is 26.1 Å². The smallest absolute Gasteiger partial charge is 0.235 e. The van der Waals surface area contributed by atoms with Crippen molar-refractivity contribution < 1.29 is 9.84 Å². The first kappa shape index (κ1) is 16.0. The molecule has 0 fully saturated rings. The lowest BCUT2D eigenvalue weighted by Gasteiger charge is -2.17. The molecule has 24 heavy (non-hydrogen) atoms. The standard InChI is InChI=1S/C18H18N4O2/c1-10-18(24-12(3)11(2)23)21-9-16(22-10)15-8-20-17-13(7-19)5-4-6-14(15)17/h4-6,8-9,11-12,20,23H,1-3H3/t11-,12-/m0/s1. The number of para-hydroxylation sites is 1. The molecule has 2 heterocycles. The number of ether oxygens (including phenoxy) is 1. The third kappa shape index (κ3) is 2.82. The molecule has 1 aromatic carbocycles. The molecule has 2 atom stereocenters. The Morgan fingerprint density at radius 1 is 1.33 bits per heavy atom. The minimum atomic E-state index is -0.594. The molecular formula is C18H18N4O2. The summed E-state index contributed by atoms with van der Waals surface area (Å²) in [6.07, 6.45) is 2.51. The van der Waals surface area contributed by atoms with Gasteiger partial charge in [-0.2, -0.15) is 5.26 Å². The van der Waals surface area contributed by atoms with Gasteiger partial charge in [-0.25, -0.2) is 9.97 Å². The number of aromatic nitrogens is 3. The largest absolute Gasteiger partial charge is 0.471 e. The average molecular weight is 322 g/mol. The van der Waals surface area contributed by atoms with Gasteiger partial charge in [0.2, 0.25) is 5.88 Å². The number of nitrogens with one attached hydrogen (secondary N) is 1. The number of fused-ring (bicyclic) bond motifs is 1. The zero-order chi connectivity index (χ0) is 17.3. The number of nitriles is 1. The number of aliphatic hydroxyl groups excluding tert-OH is 1. The maximum absolute atomic E-state index is 9.54. The van der Waals surface area contributed by atoms with Crippen molar-refractivity contribution in [3.8, 4) is 23.2 Å². The lowest BCUT2D eigenvalue weighted by molar-refractivity contribution is 0.0567. The SMILES string of the molecule is Cc1nc(-c2c[nH]c3c(C#N)cccc23)cnc1O[C@@H](C)[C@H](C)O. The molecule has 6 heteroatoms. The van der Waals surface area contributed by atoms with E-state index in [9.17, 15) is 10.4 Å². The average Bonchev–Trinajstić information content (AvgIpc) is 3.00. The molecule has 6 nitrogen and oxygen atoms in total. The van der Waals surface area contributed by atoms with Crippen LogP contribution in [0.2, 0.25) is 0 Å². The van der Waals surface area contributed by atoms with Crippen molar-refractivity contribution in [1.29, 1.82) is 5.26 Å². The molecule has 3 rings (SSSR count). The van der Waals surface area contributed by atoms with Gasteiger partial charge in [-0.1, -0.05) is 12.1 Å². The summed E-state index contributed by atoms with van der Waals surface area (Å²) in [5.74, 6) is 0.407. The molecule has 0 aliphatic rings. The van der Waals surface area contributed by atoms with Crippen LogP contribution in [0.5, 0.6) is 5.88 Å². The summed E-state index contributed by atoms with van der Waals surface area (Å²) in [4.78, 5) is 12.0. The molecule has 0 aliphatic carbocycles. The Labute approximate surface area is 139 Å². The number of hydrogen-bond acceptors (Lipinski definition) is 5. The number of aromatic amines is 1. The Morgan fingerprint density at radius 2 is 2.12 bits per heavy atom. The van der Waals surface area contributed by atoms with Crippen molar-refractivity contribution in [1.82, 2.24) is 15.0 Å². The first-order chi connectivity index (χ1) is 11.5. The fourth-order valence-corrected chi connectivity index (χ4v) is 2.45. The van der Waals surface area contributed by atoms with Crippen molar-refractivity contribution in [3.05, 3.63) is 41.9 Å². The fourth-order valence-electron chi connectivity index (χ4n) is 2.45. The molecule has 0 amide bonds. The number of aryl methyl sites for hydroxylation is 1. The highest BCUT2D eigenvalue weighted by atomic mass is 16.5. The van der Waals surface area contributed by atoms with Gasteiger partial charge in [-0.05, 0) is 26.8 Å². The lowest BCUT2D eigenvalue weighted by Crippen LogP contribution is -2.26. The van der Waals surface area contributed by atoms with E-state index >= 15 is 0 Å². The Balaban J connectivity index is 2.00. The summed E-state index contributed by atoms with van der Waals surface area (Å²) < 4.78 is 5.63. The molecule has 0 unspecified atom stereocenters. The fraction of sp³-hybridized carbons (Fsp3) is 0.278. The van der Waals surface area contributed by atoms with Crippen LogP contribution in [0.1, 0.15) is 25.1 Å². The number of aliphatic hydroxyl groups is 1. The van der Waals surface area contributed by atoms with E-state index in [1.165, 1.54) is 0 Å². The molecule has 2 aromatic heterocycles. The van der Waals surface area contributed by atoms with Crippen molar-refractivity contribution in [2.75, 3.05) is 0 Å². The molecule has 3 aromatic rings. The summed E-state index contributed by atoms with van der Waals surface area (Å²) in [7, 11) is 0. The topological polar surface area (TPSA) is 94.8 Å². The number of H-pyrrole nitrogens is 1. The van der Waals surface area contributed by atoms with Crippen LogP contribution in [0.15, 0.2) is 30.6 Å². The summed E-state index contributed by atoms with van der Waals surface area (Å²) in [6, 6.07) is 7.74. The van der Waals surface area contributed by atoms with Gasteiger partial charge in [-0.3, -0.25) is 0 Å². The summed E-state index contributed by atoms with van der Waals surface area (Å²) in [5.41, 5.74) is 3.61. The molecule has 0 saturated carbocycles. The quantitative estimate of drug-likeness (QED) is 0.770. The third-order valence-corrected chi connectivity index (χ3v) is 3.99. The second kappa shape index (κ2) is 6.30. The van der Waals surface area contributed by atoms with Crippen LogP contribution in [0.4, 0.5) is 0 Å². The van der Waals surface area contributed by atoms with Gasteiger partial charge < -0.3 is 14.8 Å².